The molecule has 0 unspecified atom stereocenters. The smallest absolute Gasteiger partial charge is 0.118 e. The molecule has 1 heterocycles. The minimum absolute atomic E-state index is 0.668. The van der Waals surface area contributed by atoms with Gasteiger partial charge in [0.1, 0.15) is 5.75 Å². The van der Waals surface area contributed by atoms with E-state index >= 15 is 0 Å². The topological polar surface area (TPSA) is 12.5 Å². The number of methoxy groups -OCH3 is 1. The third-order valence-electron chi connectivity index (χ3n) is 6.28. The number of aryl methyl sites for hydroxylation is 1. The van der Waals surface area contributed by atoms with Crippen LogP contribution in [0.5, 0.6) is 5.75 Å². The molecule has 3 aromatic rings. The maximum atomic E-state index is 5.24. The van der Waals surface area contributed by atoms with Crippen LogP contribution < -0.4 is 4.74 Å². The molecular weight excluding hydrogens is 354 g/mol. The molecule has 2 nitrogen and oxygen atoms in total. The van der Waals surface area contributed by atoms with Crippen LogP contribution in [-0.2, 0) is 13.0 Å². The van der Waals surface area contributed by atoms with E-state index in [4.69, 9.17) is 4.74 Å². The number of allylic oxidation sites excluding steroid dienone is 1. The van der Waals surface area contributed by atoms with Gasteiger partial charge < -0.3 is 4.74 Å². The second-order valence-electron chi connectivity index (χ2n) is 8.24. The molecule has 0 amide bonds. The maximum absolute atomic E-state index is 5.24. The molecule has 150 valence electrons. The second-order valence-corrected chi connectivity index (χ2v) is 8.24. The van der Waals surface area contributed by atoms with E-state index in [0.29, 0.717) is 5.92 Å². The van der Waals surface area contributed by atoms with Gasteiger partial charge in [-0.15, -0.1) is 0 Å². The molecule has 2 heteroatoms. The molecule has 1 aliphatic heterocycles. The van der Waals surface area contributed by atoms with Gasteiger partial charge in [0.15, 0.2) is 0 Å². The third kappa shape index (κ3) is 5.07. The highest BCUT2D eigenvalue weighted by Crippen LogP contribution is 2.28. The van der Waals surface area contributed by atoms with Crippen LogP contribution in [0.25, 0.3) is 10.8 Å². The van der Waals surface area contributed by atoms with Crippen LogP contribution in [0, 0.1) is 5.92 Å². The minimum atomic E-state index is 0.668. The third-order valence-corrected chi connectivity index (χ3v) is 6.28. The Morgan fingerprint density at radius 2 is 1.62 bits per heavy atom. The van der Waals surface area contributed by atoms with Gasteiger partial charge >= 0.3 is 0 Å². The number of nitrogens with zero attached hydrogens (tertiary/aromatic N) is 1. The van der Waals surface area contributed by atoms with E-state index in [1.165, 1.54) is 53.4 Å². The standard InChI is InChI=1S/C27H31NO/c1-21(7-8-22-10-13-27(29-2)14-11-22)24-15-17-28(18-16-24)20-23-9-12-25-5-3-4-6-26(25)19-23/h3-6,9-14,19,24H,1,7-8,15-18,20H2,2H3. The fraction of sp³-hybridized carbons (Fsp3) is 0.333. The number of ether oxygens (including phenoxy) is 1. The molecule has 0 bridgehead atoms. The fourth-order valence-corrected chi connectivity index (χ4v) is 4.40. The highest BCUT2D eigenvalue weighted by Gasteiger charge is 2.21. The van der Waals surface area contributed by atoms with Crippen LogP contribution in [0.3, 0.4) is 0 Å². The lowest BCUT2D eigenvalue weighted by atomic mass is 9.87. The Morgan fingerprint density at radius 1 is 0.931 bits per heavy atom. The van der Waals surface area contributed by atoms with Crippen LogP contribution in [0.1, 0.15) is 30.4 Å². The van der Waals surface area contributed by atoms with Crippen molar-refractivity contribution >= 4 is 10.8 Å². The maximum Gasteiger partial charge on any atom is 0.118 e. The first-order chi connectivity index (χ1) is 14.2. The highest BCUT2D eigenvalue weighted by molar-refractivity contribution is 5.82. The van der Waals surface area contributed by atoms with Crippen molar-refractivity contribution in [3.8, 4) is 5.75 Å². The quantitative estimate of drug-likeness (QED) is 0.446. The minimum Gasteiger partial charge on any atom is -0.497 e. The van der Waals surface area contributed by atoms with Crippen molar-refractivity contribution in [1.29, 1.82) is 0 Å². The van der Waals surface area contributed by atoms with Crippen LogP contribution in [-0.4, -0.2) is 25.1 Å². The molecule has 29 heavy (non-hydrogen) atoms. The first kappa shape index (κ1) is 19.7. The molecule has 3 aromatic carbocycles. The number of hydrogen-bond donors (Lipinski definition) is 0. The molecule has 1 aliphatic rings. The molecule has 0 atom stereocenters. The molecule has 0 N–H and O–H groups in total. The Balaban J connectivity index is 1.25. The predicted octanol–water partition coefficient (Wildman–Crippen LogP) is 6.25. The molecule has 0 aliphatic carbocycles. The van der Waals surface area contributed by atoms with Gasteiger partial charge in [0, 0.05) is 6.54 Å². The summed E-state index contributed by atoms with van der Waals surface area (Å²) in [7, 11) is 1.71. The van der Waals surface area contributed by atoms with Crippen molar-refractivity contribution in [3.63, 3.8) is 0 Å². The second kappa shape index (κ2) is 9.28. The first-order valence-electron chi connectivity index (χ1n) is 10.7. The summed E-state index contributed by atoms with van der Waals surface area (Å²) >= 11 is 0. The zero-order valence-electron chi connectivity index (χ0n) is 17.4. The van der Waals surface area contributed by atoms with Crippen LogP contribution in [0.4, 0.5) is 0 Å². The largest absolute Gasteiger partial charge is 0.497 e. The number of hydrogen-bond acceptors (Lipinski definition) is 2. The average molecular weight is 386 g/mol. The number of rotatable bonds is 7. The van der Waals surface area contributed by atoms with E-state index in [2.05, 4.69) is 66.1 Å². The number of piperidine rings is 1. The Morgan fingerprint density at radius 3 is 2.34 bits per heavy atom. The van der Waals surface area contributed by atoms with E-state index in [9.17, 15) is 0 Å². The molecule has 0 spiro atoms. The molecule has 0 aromatic heterocycles. The van der Waals surface area contributed by atoms with E-state index in [0.717, 1.165) is 25.1 Å². The van der Waals surface area contributed by atoms with E-state index in [-0.39, 0.29) is 0 Å². The monoisotopic (exact) mass is 385 g/mol. The lowest BCUT2D eigenvalue weighted by Gasteiger charge is -2.33. The summed E-state index contributed by atoms with van der Waals surface area (Å²) in [6.07, 6.45) is 4.62. The number of benzene rings is 3. The Hall–Kier alpha value is -2.58. The van der Waals surface area contributed by atoms with Gasteiger partial charge in [-0.05, 0) is 84.8 Å². The molecular formula is C27H31NO. The summed E-state index contributed by atoms with van der Waals surface area (Å²) in [5, 5.41) is 2.66. The number of fused-ring (bicyclic) bond motifs is 1. The lowest BCUT2D eigenvalue weighted by Crippen LogP contribution is -2.33. The van der Waals surface area contributed by atoms with Crippen LogP contribution >= 0.6 is 0 Å². The van der Waals surface area contributed by atoms with Gasteiger partial charge in [0.05, 0.1) is 7.11 Å². The first-order valence-corrected chi connectivity index (χ1v) is 10.7. The summed E-state index contributed by atoms with van der Waals surface area (Å²) in [5.41, 5.74) is 4.20. The van der Waals surface area contributed by atoms with Gasteiger partial charge in [-0.25, -0.2) is 0 Å². The zero-order chi connectivity index (χ0) is 20.1. The van der Waals surface area contributed by atoms with Crippen molar-refractivity contribution in [2.75, 3.05) is 20.2 Å². The van der Waals surface area contributed by atoms with Gasteiger partial charge in [-0.3, -0.25) is 4.90 Å². The van der Waals surface area contributed by atoms with E-state index < -0.39 is 0 Å². The lowest BCUT2D eigenvalue weighted by molar-refractivity contribution is 0.190. The van der Waals surface area contributed by atoms with Gasteiger partial charge in [0.2, 0.25) is 0 Å². The fourth-order valence-electron chi connectivity index (χ4n) is 4.40. The molecule has 1 saturated heterocycles. The summed E-state index contributed by atoms with van der Waals surface area (Å²) in [6.45, 7) is 7.81. The van der Waals surface area contributed by atoms with Gasteiger partial charge in [-0.1, -0.05) is 60.7 Å². The van der Waals surface area contributed by atoms with Crippen molar-refractivity contribution in [1.82, 2.24) is 4.90 Å². The molecule has 0 saturated carbocycles. The number of likely N-dealkylation sites (tertiary alicyclic amines) is 1. The van der Waals surface area contributed by atoms with Crippen molar-refractivity contribution in [2.24, 2.45) is 5.92 Å². The summed E-state index contributed by atoms with van der Waals surface area (Å²) in [6, 6.07) is 23.9. The van der Waals surface area contributed by atoms with Crippen LogP contribution in [0.2, 0.25) is 0 Å². The Kier molecular flexibility index (Phi) is 6.31. The average Bonchev–Trinajstić information content (AvgIpc) is 2.78. The van der Waals surface area contributed by atoms with Gasteiger partial charge in [-0.2, -0.15) is 0 Å². The van der Waals surface area contributed by atoms with Crippen molar-refractivity contribution in [3.05, 3.63) is 90.0 Å². The molecule has 1 fully saturated rings. The summed E-state index contributed by atoms with van der Waals surface area (Å²) < 4.78 is 5.24. The van der Waals surface area contributed by atoms with E-state index in [1.54, 1.807) is 7.11 Å². The molecule has 4 rings (SSSR count). The Labute approximate surface area is 174 Å². The van der Waals surface area contributed by atoms with Crippen LogP contribution in [0.15, 0.2) is 78.9 Å². The zero-order valence-corrected chi connectivity index (χ0v) is 17.4. The van der Waals surface area contributed by atoms with Gasteiger partial charge in [0.25, 0.3) is 0 Å². The predicted molar refractivity (Wildman–Crippen MR) is 122 cm³/mol. The normalized spacial score (nSPS) is 15.5. The van der Waals surface area contributed by atoms with E-state index in [1.807, 2.05) is 12.1 Å². The van der Waals surface area contributed by atoms with Crippen molar-refractivity contribution < 1.29 is 4.74 Å². The SMILES string of the molecule is C=C(CCc1ccc(OC)cc1)C1CCN(Cc2ccc3ccccc3c2)CC1. The molecule has 0 radical (unpaired) electrons. The van der Waals surface area contributed by atoms with Crippen molar-refractivity contribution in [2.45, 2.75) is 32.2 Å². The Bertz CT molecular complexity index is 952. The highest BCUT2D eigenvalue weighted by atomic mass is 16.5. The summed E-state index contributed by atoms with van der Waals surface area (Å²) in [5.74, 6) is 1.59. The summed E-state index contributed by atoms with van der Waals surface area (Å²) in [4.78, 5) is 2.59.